The van der Waals surface area contributed by atoms with Crippen LogP contribution in [0.25, 0.3) is 0 Å². The van der Waals surface area contributed by atoms with Gasteiger partial charge in [0, 0.05) is 17.2 Å². The molecule has 1 rings (SSSR count). The molecule has 0 aliphatic carbocycles. The summed E-state index contributed by atoms with van der Waals surface area (Å²) >= 11 is 5.75. The number of aliphatic hydroxyl groups is 1. The Labute approximate surface area is 87.3 Å². The van der Waals surface area contributed by atoms with Crippen LogP contribution in [0.2, 0.25) is 5.02 Å². The summed E-state index contributed by atoms with van der Waals surface area (Å²) in [6, 6.07) is 4.29. The average molecular weight is 219 g/mol. The quantitative estimate of drug-likeness (QED) is 0.842. The minimum absolute atomic E-state index is 0.0527. The molecule has 1 aromatic carbocycles. The fraction of sp³-hybridized carbons (Fsp3) is 0.400. The largest absolute Gasteiger partial charge is 0.386 e. The fourth-order valence-corrected chi connectivity index (χ4v) is 1.43. The maximum Gasteiger partial charge on any atom is 0.130 e. The lowest BCUT2D eigenvalue weighted by atomic mass is 10.1. The summed E-state index contributed by atoms with van der Waals surface area (Å²) in [5.74, 6) is -0.510. The highest BCUT2D eigenvalue weighted by molar-refractivity contribution is 6.31. The lowest BCUT2D eigenvalue weighted by molar-refractivity contribution is 0.0402. The van der Waals surface area contributed by atoms with E-state index in [1.807, 2.05) is 0 Å². The zero-order chi connectivity index (χ0) is 10.6. The van der Waals surface area contributed by atoms with E-state index in [4.69, 9.17) is 16.3 Å². The summed E-state index contributed by atoms with van der Waals surface area (Å²) in [5, 5.41) is 9.78. The Kier molecular flexibility index (Phi) is 4.32. The first-order valence-corrected chi connectivity index (χ1v) is 4.74. The molecule has 0 aromatic heterocycles. The highest BCUT2D eigenvalue weighted by Crippen LogP contribution is 2.25. The maximum atomic E-state index is 13.2. The number of rotatable bonds is 4. The summed E-state index contributed by atoms with van der Waals surface area (Å²) in [4.78, 5) is 0. The summed E-state index contributed by atoms with van der Waals surface area (Å²) < 4.78 is 18.2. The standard InChI is InChI=1S/C10H12ClFO2/c1-2-14-6-9(13)10-7(11)4-3-5-8(10)12/h3-5,9,13H,2,6H2,1H3. The van der Waals surface area contributed by atoms with E-state index >= 15 is 0 Å². The van der Waals surface area contributed by atoms with E-state index in [1.54, 1.807) is 6.92 Å². The zero-order valence-corrected chi connectivity index (χ0v) is 8.59. The second kappa shape index (κ2) is 5.29. The monoisotopic (exact) mass is 218 g/mol. The topological polar surface area (TPSA) is 29.5 Å². The van der Waals surface area contributed by atoms with Crippen molar-refractivity contribution in [2.45, 2.75) is 13.0 Å². The molecule has 0 fully saturated rings. The zero-order valence-electron chi connectivity index (χ0n) is 7.84. The Morgan fingerprint density at radius 1 is 1.57 bits per heavy atom. The number of hydrogen-bond acceptors (Lipinski definition) is 2. The maximum absolute atomic E-state index is 13.2. The van der Waals surface area contributed by atoms with Crippen LogP contribution in [0.3, 0.4) is 0 Å². The smallest absolute Gasteiger partial charge is 0.130 e. The van der Waals surface area contributed by atoms with Crippen LogP contribution in [0.15, 0.2) is 18.2 Å². The number of hydrogen-bond donors (Lipinski definition) is 1. The summed E-state index contributed by atoms with van der Waals surface area (Å²) in [7, 11) is 0. The van der Waals surface area contributed by atoms with Gasteiger partial charge in [0.15, 0.2) is 0 Å². The molecular formula is C10H12ClFO2. The molecule has 1 N–H and O–H groups in total. The SMILES string of the molecule is CCOCC(O)c1c(F)cccc1Cl. The summed E-state index contributed by atoms with van der Waals surface area (Å²) in [5.41, 5.74) is 0.0996. The molecule has 0 bridgehead atoms. The molecule has 0 heterocycles. The van der Waals surface area contributed by atoms with Crippen LogP contribution < -0.4 is 0 Å². The first kappa shape index (κ1) is 11.4. The van der Waals surface area contributed by atoms with Gasteiger partial charge in [-0.25, -0.2) is 4.39 Å². The molecule has 0 amide bonds. The van der Waals surface area contributed by atoms with Crippen molar-refractivity contribution in [3.63, 3.8) is 0 Å². The first-order chi connectivity index (χ1) is 6.66. The van der Waals surface area contributed by atoms with E-state index in [0.717, 1.165) is 0 Å². The van der Waals surface area contributed by atoms with Crippen LogP contribution in [0.1, 0.15) is 18.6 Å². The third-order valence-corrected chi connectivity index (χ3v) is 2.14. The van der Waals surface area contributed by atoms with Crippen LogP contribution in [-0.4, -0.2) is 18.3 Å². The van der Waals surface area contributed by atoms with Crippen molar-refractivity contribution in [1.82, 2.24) is 0 Å². The predicted molar refractivity (Wildman–Crippen MR) is 52.9 cm³/mol. The highest BCUT2D eigenvalue weighted by atomic mass is 35.5. The van der Waals surface area contributed by atoms with Gasteiger partial charge in [-0.1, -0.05) is 17.7 Å². The van der Waals surface area contributed by atoms with E-state index in [9.17, 15) is 9.50 Å². The third kappa shape index (κ3) is 2.67. The number of benzene rings is 1. The Balaban J connectivity index is 2.82. The van der Waals surface area contributed by atoms with Crippen molar-refractivity contribution in [3.05, 3.63) is 34.6 Å². The molecule has 0 spiro atoms. The molecule has 1 atom stereocenters. The lowest BCUT2D eigenvalue weighted by Gasteiger charge is -2.13. The van der Waals surface area contributed by atoms with Crippen LogP contribution >= 0.6 is 11.6 Å². The molecule has 4 heteroatoms. The minimum atomic E-state index is -1.01. The van der Waals surface area contributed by atoms with Gasteiger partial charge in [-0.05, 0) is 19.1 Å². The highest BCUT2D eigenvalue weighted by Gasteiger charge is 2.16. The van der Waals surface area contributed by atoms with Crippen LogP contribution in [0.4, 0.5) is 4.39 Å². The Hall–Kier alpha value is -0.640. The molecule has 0 radical (unpaired) electrons. The van der Waals surface area contributed by atoms with Crippen LogP contribution in [0.5, 0.6) is 0 Å². The van der Waals surface area contributed by atoms with E-state index in [0.29, 0.717) is 6.61 Å². The van der Waals surface area contributed by atoms with Gasteiger partial charge in [-0.2, -0.15) is 0 Å². The third-order valence-electron chi connectivity index (χ3n) is 1.81. The molecule has 2 nitrogen and oxygen atoms in total. The van der Waals surface area contributed by atoms with Gasteiger partial charge in [0.2, 0.25) is 0 Å². The van der Waals surface area contributed by atoms with E-state index in [2.05, 4.69) is 0 Å². The second-order valence-electron chi connectivity index (χ2n) is 2.81. The molecule has 14 heavy (non-hydrogen) atoms. The number of ether oxygens (including phenoxy) is 1. The van der Waals surface area contributed by atoms with Gasteiger partial charge in [0.1, 0.15) is 11.9 Å². The molecule has 78 valence electrons. The summed E-state index contributed by atoms with van der Waals surface area (Å²) in [6.07, 6.45) is -1.01. The van der Waals surface area contributed by atoms with Crippen molar-refractivity contribution in [2.24, 2.45) is 0 Å². The van der Waals surface area contributed by atoms with Gasteiger partial charge in [0.25, 0.3) is 0 Å². The predicted octanol–water partition coefficient (Wildman–Crippen LogP) is 2.55. The van der Waals surface area contributed by atoms with Crippen molar-refractivity contribution in [3.8, 4) is 0 Å². The van der Waals surface area contributed by atoms with Gasteiger partial charge < -0.3 is 9.84 Å². The second-order valence-corrected chi connectivity index (χ2v) is 3.22. The Morgan fingerprint density at radius 3 is 2.86 bits per heavy atom. The Bertz CT molecular complexity index is 284. The van der Waals surface area contributed by atoms with Gasteiger partial charge >= 0.3 is 0 Å². The Morgan fingerprint density at radius 2 is 2.29 bits per heavy atom. The molecule has 1 unspecified atom stereocenters. The first-order valence-electron chi connectivity index (χ1n) is 4.36. The molecule has 0 aliphatic rings. The fourth-order valence-electron chi connectivity index (χ4n) is 1.14. The molecule has 0 saturated carbocycles. The molecule has 0 saturated heterocycles. The molecular weight excluding hydrogens is 207 g/mol. The van der Waals surface area contributed by atoms with E-state index < -0.39 is 11.9 Å². The van der Waals surface area contributed by atoms with Gasteiger partial charge in [-0.3, -0.25) is 0 Å². The van der Waals surface area contributed by atoms with E-state index in [1.165, 1.54) is 18.2 Å². The molecule has 1 aromatic rings. The van der Waals surface area contributed by atoms with E-state index in [-0.39, 0.29) is 17.2 Å². The van der Waals surface area contributed by atoms with Gasteiger partial charge in [-0.15, -0.1) is 0 Å². The normalized spacial score (nSPS) is 12.9. The minimum Gasteiger partial charge on any atom is -0.386 e. The van der Waals surface area contributed by atoms with Crippen molar-refractivity contribution >= 4 is 11.6 Å². The van der Waals surface area contributed by atoms with Crippen molar-refractivity contribution in [2.75, 3.05) is 13.2 Å². The number of aliphatic hydroxyl groups excluding tert-OH is 1. The summed E-state index contributed by atoms with van der Waals surface area (Å²) in [6.45, 7) is 2.33. The number of halogens is 2. The van der Waals surface area contributed by atoms with Crippen molar-refractivity contribution in [1.29, 1.82) is 0 Å². The van der Waals surface area contributed by atoms with Crippen LogP contribution in [0, 0.1) is 5.82 Å². The average Bonchev–Trinajstić information content (AvgIpc) is 2.14. The lowest BCUT2D eigenvalue weighted by Crippen LogP contribution is -2.09. The molecule has 0 aliphatic heterocycles. The van der Waals surface area contributed by atoms with Crippen molar-refractivity contribution < 1.29 is 14.2 Å². The van der Waals surface area contributed by atoms with Gasteiger partial charge in [0.05, 0.1) is 6.61 Å². The van der Waals surface area contributed by atoms with Crippen LogP contribution in [-0.2, 0) is 4.74 Å².